The molecule has 0 unspecified atom stereocenters. The molecule has 1 aliphatic heterocycles. The number of nitrogens with zero attached hydrogens (tertiary/aromatic N) is 4. The number of H-pyrrole nitrogens is 1. The average Bonchev–Trinajstić information content (AvgIpc) is 2.75. The van der Waals surface area contributed by atoms with Crippen LogP contribution in [-0.4, -0.2) is 38.5 Å². The fourth-order valence-electron chi connectivity index (χ4n) is 2.29. The maximum Gasteiger partial charge on any atom is 0.267 e. The zero-order valence-electron chi connectivity index (χ0n) is 10.6. The Morgan fingerprint density at radius 1 is 1.42 bits per heavy atom. The number of aromatic nitrogens is 4. The molecule has 7 heteroatoms. The molecule has 2 aromatic heterocycles. The maximum absolute atomic E-state index is 11.7. The molecule has 0 fully saturated rings. The van der Waals surface area contributed by atoms with Crippen LogP contribution in [0.25, 0.3) is 0 Å². The largest absolute Gasteiger partial charge is 0.299 e. The molecular formula is C12H14ClN5O. The summed E-state index contributed by atoms with van der Waals surface area (Å²) < 4.78 is 2.01. The molecule has 0 saturated carbocycles. The van der Waals surface area contributed by atoms with Crippen LogP contribution in [0.1, 0.15) is 17.0 Å². The van der Waals surface area contributed by atoms with Gasteiger partial charge in [-0.2, -0.15) is 10.2 Å². The predicted molar refractivity (Wildman–Crippen MR) is 71.2 cm³/mol. The highest BCUT2D eigenvalue weighted by molar-refractivity contribution is 6.29. The van der Waals surface area contributed by atoms with Crippen LogP contribution in [0, 0.1) is 0 Å². The van der Waals surface area contributed by atoms with Gasteiger partial charge in [0.05, 0.1) is 17.9 Å². The first-order valence-corrected chi connectivity index (χ1v) is 6.48. The maximum atomic E-state index is 11.7. The van der Waals surface area contributed by atoms with E-state index < -0.39 is 0 Å². The zero-order valence-corrected chi connectivity index (χ0v) is 11.3. The van der Waals surface area contributed by atoms with Gasteiger partial charge in [0.2, 0.25) is 0 Å². The Morgan fingerprint density at radius 3 is 3.11 bits per heavy atom. The quantitative estimate of drug-likeness (QED) is 0.877. The minimum absolute atomic E-state index is 0.215. The van der Waals surface area contributed by atoms with Crippen molar-refractivity contribution in [3.8, 4) is 0 Å². The monoisotopic (exact) mass is 279 g/mol. The van der Waals surface area contributed by atoms with Crippen molar-refractivity contribution >= 4 is 11.6 Å². The van der Waals surface area contributed by atoms with Crippen LogP contribution in [-0.2, 0) is 19.5 Å². The number of aromatic amines is 1. The molecule has 0 bridgehead atoms. The summed E-state index contributed by atoms with van der Waals surface area (Å²) in [5.41, 5.74) is 2.44. The van der Waals surface area contributed by atoms with Gasteiger partial charge in [-0.1, -0.05) is 11.6 Å². The molecule has 1 N–H and O–H groups in total. The van der Waals surface area contributed by atoms with E-state index >= 15 is 0 Å². The Balaban J connectivity index is 1.88. The van der Waals surface area contributed by atoms with Gasteiger partial charge in [-0.25, -0.2) is 5.10 Å². The van der Waals surface area contributed by atoms with Gasteiger partial charge >= 0.3 is 0 Å². The number of hydrogen-bond acceptors (Lipinski definition) is 4. The van der Waals surface area contributed by atoms with Crippen molar-refractivity contribution < 1.29 is 0 Å². The lowest BCUT2D eigenvalue weighted by atomic mass is 10.1. The standard InChI is InChI=1S/C12H14ClN5O/c1-17-2-3-18-10(7-17)6-9(16-18)4-8-5-11(13)14-15-12(8)19/h5-6H,2-4,7H2,1H3,(H,15,19). The van der Waals surface area contributed by atoms with E-state index in [1.54, 1.807) is 6.07 Å². The SMILES string of the molecule is CN1CCn2nc(Cc3cc(Cl)n[nH]c3=O)cc2C1. The smallest absolute Gasteiger partial charge is 0.267 e. The van der Waals surface area contributed by atoms with Crippen LogP contribution < -0.4 is 5.56 Å². The van der Waals surface area contributed by atoms with Gasteiger partial charge in [-0.15, -0.1) is 0 Å². The van der Waals surface area contributed by atoms with Gasteiger partial charge in [0.25, 0.3) is 5.56 Å². The average molecular weight is 280 g/mol. The number of hydrogen-bond donors (Lipinski definition) is 1. The molecule has 19 heavy (non-hydrogen) atoms. The lowest BCUT2D eigenvalue weighted by Gasteiger charge is -2.22. The molecule has 0 spiro atoms. The number of nitrogens with one attached hydrogen (secondary N) is 1. The molecule has 0 atom stereocenters. The Hall–Kier alpha value is -1.66. The first-order chi connectivity index (χ1) is 9.11. The van der Waals surface area contributed by atoms with Crippen LogP contribution in [0.3, 0.4) is 0 Å². The Bertz CT molecular complexity index is 662. The van der Waals surface area contributed by atoms with Crippen molar-refractivity contribution in [2.45, 2.75) is 19.5 Å². The van der Waals surface area contributed by atoms with Crippen molar-refractivity contribution in [2.24, 2.45) is 0 Å². The highest BCUT2D eigenvalue weighted by Gasteiger charge is 2.16. The molecule has 1 aliphatic rings. The molecule has 6 nitrogen and oxygen atoms in total. The molecule has 2 aromatic rings. The molecule has 0 amide bonds. The number of fused-ring (bicyclic) bond motifs is 1. The van der Waals surface area contributed by atoms with Gasteiger partial charge < -0.3 is 0 Å². The van der Waals surface area contributed by atoms with E-state index in [4.69, 9.17) is 11.6 Å². The van der Waals surface area contributed by atoms with E-state index in [9.17, 15) is 4.79 Å². The number of rotatable bonds is 2. The van der Waals surface area contributed by atoms with Crippen LogP contribution in [0.5, 0.6) is 0 Å². The molecule has 3 heterocycles. The van der Waals surface area contributed by atoms with E-state index in [-0.39, 0.29) is 5.56 Å². The van der Waals surface area contributed by atoms with Crippen LogP contribution >= 0.6 is 11.6 Å². The Morgan fingerprint density at radius 2 is 2.26 bits per heavy atom. The summed E-state index contributed by atoms with van der Waals surface area (Å²) in [6.45, 7) is 2.77. The Labute approximate surface area is 115 Å². The number of likely N-dealkylation sites (N-methyl/N-ethyl adjacent to an activating group) is 1. The molecule has 0 saturated heterocycles. The van der Waals surface area contributed by atoms with Gasteiger partial charge in [0.1, 0.15) is 5.15 Å². The molecular weight excluding hydrogens is 266 g/mol. The third kappa shape index (κ3) is 2.54. The van der Waals surface area contributed by atoms with Crippen LogP contribution in [0.2, 0.25) is 5.15 Å². The van der Waals surface area contributed by atoms with E-state index in [0.29, 0.717) is 17.1 Å². The lowest BCUT2D eigenvalue weighted by molar-refractivity contribution is 0.258. The zero-order chi connectivity index (χ0) is 13.4. The van der Waals surface area contributed by atoms with Crippen molar-refractivity contribution in [1.29, 1.82) is 0 Å². The summed E-state index contributed by atoms with van der Waals surface area (Å²) in [4.78, 5) is 13.9. The summed E-state index contributed by atoms with van der Waals surface area (Å²) in [5.74, 6) is 0. The fraction of sp³-hybridized carbons (Fsp3) is 0.417. The normalized spacial score (nSPS) is 15.5. The summed E-state index contributed by atoms with van der Waals surface area (Å²) in [5, 5.41) is 10.8. The minimum Gasteiger partial charge on any atom is -0.299 e. The second-order valence-corrected chi connectivity index (χ2v) is 5.20. The van der Waals surface area contributed by atoms with E-state index in [2.05, 4.69) is 27.2 Å². The third-order valence-electron chi connectivity index (χ3n) is 3.26. The van der Waals surface area contributed by atoms with Crippen LogP contribution in [0.4, 0.5) is 0 Å². The first-order valence-electron chi connectivity index (χ1n) is 6.10. The predicted octanol–water partition coefficient (Wildman–Crippen LogP) is 0.656. The van der Waals surface area contributed by atoms with Gasteiger partial charge in [-0.3, -0.25) is 14.4 Å². The van der Waals surface area contributed by atoms with Crippen molar-refractivity contribution in [2.75, 3.05) is 13.6 Å². The molecule has 0 aromatic carbocycles. The van der Waals surface area contributed by atoms with Gasteiger partial charge in [0, 0.05) is 25.1 Å². The third-order valence-corrected chi connectivity index (χ3v) is 3.45. The van der Waals surface area contributed by atoms with Crippen molar-refractivity contribution in [3.05, 3.63) is 44.6 Å². The summed E-state index contributed by atoms with van der Waals surface area (Å²) in [6, 6.07) is 3.63. The summed E-state index contributed by atoms with van der Waals surface area (Å²) in [6.07, 6.45) is 0.473. The molecule has 100 valence electrons. The first kappa shape index (κ1) is 12.4. The highest BCUT2D eigenvalue weighted by Crippen LogP contribution is 2.14. The second kappa shape index (κ2) is 4.79. The van der Waals surface area contributed by atoms with Crippen molar-refractivity contribution in [1.82, 2.24) is 24.9 Å². The number of halogens is 1. The van der Waals surface area contributed by atoms with Gasteiger partial charge in [-0.05, 0) is 19.2 Å². The Kier molecular flexibility index (Phi) is 3.12. The molecule has 0 aliphatic carbocycles. The van der Waals surface area contributed by atoms with Crippen molar-refractivity contribution in [3.63, 3.8) is 0 Å². The lowest BCUT2D eigenvalue weighted by Crippen LogP contribution is -2.30. The fourth-order valence-corrected chi connectivity index (χ4v) is 2.46. The minimum atomic E-state index is -0.215. The van der Waals surface area contributed by atoms with E-state index in [1.165, 1.54) is 5.69 Å². The molecule has 3 rings (SSSR count). The summed E-state index contributed by atoms with van der Waals surface area (Å²) in [7, 11) is 2.09. The van der Waals surface area contributed by atoms with E-state index in [0.717, 1.165) is 25.3 Å². The summed E-state index contributed by atoms with van der Waals surface area (Å²) >= 11 is 5.79. The van der Waals surface area contributed by atoms with E-state index in [1.807, 2.05) is 10.7 Å². The topological polar surface area (TPSA) is 66.8 Å². The van der Waals surface area contributed by atoms with Crippen LogP contribution in [0.15, 0.2) is 16.9 Å². The molecule has 0 radical (unpaired) electrons. The second-order valence-electron chi connectivity index (χ2n) is 4.81. The highest BCUT2D eigenvalue weighted by atomic mass is 35.5. The van der Waals surface area contributed by atoms with Gasteiger partial charge in [0.15, 0.2) is 0 Å².